The molecule has 0 saturated carbocycles. The zero-order valence-corrected chi connectivity index (χ0v) is 10.4. The molecule has 0 aliphatic rings. The van der Waals surface area contributed by atoms with Gasteiger partial charge in [0.15, 0.2) is 6.73 Å². The van der Waals surface area contributed by atoms with E-state index in [1.54, 1.807) is 24.3 Å². The van der Waals surface area contributed by atoms with Crippen LogP contribution in [0.15, 0.2) is 24.3 Å². The van der Waals surface area contributed by atoms with Gasteiger partial charge in [-0.25, -0.2) is 4.79 Å². The average molecular weight is 273 g/mol. The van der Waals surface area contributed by atoms with Gasteiger partial charge in [0.05, 0.1) is 0 Å². The highest BCUT2D eigenvalue weighted by atomic mass is 35.5. The van der Waals surface area contributed by atoms with E-state index in [1.807, 2.05) is 0 Å². The Bertz CT molecular complexity index is 422. The van der Waals surface area contributed by atoms with Crippen LogP contribution in [0.3, 0.4) is 0 Å². The van der Waals surface area contributed by atoms with E-state index in [0.29, 0.717) is 10.8 Å². The first-order chi connectivity index (χ1) is 8.49. The number of urea groups is 1. The van der Waals surface area contributed by atoms with Crippen LogP contribution in [0.5, 0.6) is 5.75 Å². The van der Waals surface area contributed by atoms with Crippen molar-refractivity contribution in [3.05, 3.63) is 29.3 Å². The SMILES string of the molecule is CC(NC(=O)NCOc1ccc(Cl)cc1)C(=O)O. The smallest absolute Gasteiger partial charge is 0.325 e. The molecule has 1 atom stereocenters. The number of rotatable bonds is 5. The van der Waals surface area contributed by atoms with E-state index in [2.05, 4.69) is 10.6 Å². The standard InChI is InChI=1S/C11H13ClN2O4/c1-7(10(15)16)14-11(17)13-6-18-9-4-2-8(12)3-5-9/h2-5,7H,6H2,1H3,(H,15,16)(H2,13,14,17). The van der Waals surface area contributed by atoms with Crippen LogP contribution in [0.4, 0.5) is 4.79 Å². The molecule has 0 aliphatic heterocycles. The number of carbonyl (C=O) groups excluding carboxylic acids is 1. The summed E-state index contributed by atoms with van der Waals surface area (Å²) in [5.74, 6) is -0.560. The molecule has 0 bridgehead atoms. The molecule has 98 valence electrons. The molecular weight excluding hydrogens is 260 g/mol. The molecular formula is C11H13ClN2O4. The van der Waals surface area contributed by atoms with Crippen molar-refractivity contribution in [3.8, 4) is 5.75 Å². The Balaban J connectivity index is 2.27. The molecule has 0 spiro atoms. The molecule has 2 amide bonds. The van der Waals surface area contributed by atoms with Gasteiger partial charge in [0.2, 0.25) is 0 Å². The Labute approximate surface area is 109 Å². The summed E-state index contributed by atoms with van der Waals surface area (Å²) in [4.78, 5) is 21.7. The Hall–Kier alpha value is -1.95. The third-order valence-electron chi connectivity index (χ3n) is 2.00. The highest BCUT2D eigenvalue weighted by Gasteiger charge is 2.13. The van der Waals surface area contributed by atoms with E-state index in [-0.39, 0.29) is 6.73 Å². The number of ether oxygens (including phenoxy) is 1. The minimum atomic E-state index is -1.11. The summed E-state index contributed by atoms with van der Waals surface area (Å²) in [5, 5.41) is 13.7. The number of hydrogen-bond donors (Lipinski definition) is 3. The predicted molar refractivity (Wildman–Crippen MR) is 65.7 cm³/mol. The topological polar surface area (TPSA) is 87.7 Å². The zero-order valence-electron chi connectivity index (χ0n) is 9.64. The molecule has 0 saturated heterocycles. The fourth-order valence-electron chi connectivity index (χ4n) is 1.03. The molecule has 0 aliphatic carbocycles. The Kier molecular flexibility index (Phi) is 5.26. The van der Waals surface area contributed by atoms with Gasteiger partial charge in [-0.05, 0) is 31.2 Å². The van der Waals surface area contributed by atoms with Crippen LogP contribution in [0.25, 0.3) is 0 Å². The van der Waals surface area contributed by atoms with E-state index in [9.17, 15) is 9.59 Å². The highest BCUT2D eigenvalue weighted by molar-refractivity contribution is 6.30. The summed E-state index contributed by atoms with van der Waals surface area (Å²) in [7, 11) is 0. The molecule has 7 heteroatoms. The maximum Gasteiger partial charge on any atom is 0.325 e. The van der Waals surface area contributed by atoms with Crippen LogP contribution in [-0.4, -0.2) is 29.9 Å². The lowest BCUT2D eigenvalue weighted by Crippen LogP contribution is -2.45. The van der Waals surface area contributed by atoms with Gasteiger partial charge in [-0.1, -0.05) is 11.6 Å². The lowest BCUT2D eigenvalue weighted by atomic mass is 10.3. The summed E-state index contributed by atoms with van der Waals surface area (Å²) in [5.41, 5.74) is 0. The third-order valence-corrected chi connectivity index (χ3v) is 2.26. The summed E-state index contributed by atoms with van der Waals surface area (Å²) in [6.45, 7) is 1.29. The molecule has 1 aromatic rings. The second-order valence-electron chi connectivity index (χ2n) is 3.45. The molecule has 6 nitrogen and oxygen atoms in total. The maximum absolute atomic E-state index is 11.2. The maximum atomic E-state index is 11.2. The quantitative estimate of drug-likeness (QED) is 0.708. The number of carboxylic acid groups (broad SMARTS) is 1. The second-order valence-corrected chi connectivity index (χ2v) is 3.89. The highest BCUT2D eigenvalue weighted by Crippen LogP contribution is 2.14. The summed E-state index contributed by atoms with van der Waals surface area (Å²) >= 11 is 5.69. The second kappa shape index (κ2) is 6.70. The monoisotopic (exact) mass is 272 g/mol. The van der Waals surface area contributed by atoms with Crippen LogP contribution < -0.4 is 15.4 Å². The van der Waals surface area contributed by atoms with Gasteiger partial charge in [-0.15, -0.1) is 0 Å². The van der Waals surface area contributed by atoms with E-state index < -0.39 is 18.0 Å². The molecule has 1 rings (SSSR count). The number of halogens is 1. The largest absolute Gasteiger partial charge is 0.480 e. The lowest BCUT2D eigenvalue weighted by Gasteiger charge is -2.11. The van der Waals surface area contributed by atoms with Crippen molar-refractivity contribution in [1.82, 2.24) is 10.6 Å². The first kappa shape index (κ1) is 14.1. The summed E-state index contributed by atoms with van der Waals surface area (Å²) < 4.78 is 5.20. The van der Waals surface area contributed by atoms with Crippen molar-refractivity contribution in [1.29, 1.82) is 0 Å². The lowest BCUT2D eigenvalue weighted by molar-refractivity contribution is -0.138. The Morgan fingerprint density at radius 3 is 2.56 bits per heavy atom. The molecule has 0 radical (unpaired) electrons. The number of benzene rings is 1. The van der Waals surface area contributed by atoms with Crippen LogP contribution >= 0.6 is 11.6 Å². The number of carbonyl (C=O) groups is 2. The summed E-state index contributed by atoms with van der Waals surface area (Å²) in [6.07, 6.45) is 0. The molecule has 0 aromatic heterocycles. The zero-order chi connectivity index (χ0) is 13.5. The van der Waals surface area contributed by atoms with Gasteiger partial charge in [-0.2, -0.15) is 0 Å². The predicted octanol–water partition coefficient (Wildman–Crippen LogP) is 1.45. The molecule has 1 aromatic carbocycles. The van der Waals surface area contributed by atoms with Gasteiger partial charge < -0.3 is 20.5 Å². The van der Waals surface area contributed by atoms with Crippen molar-refractivity contribution in [2.24, 2.45) is 0 Å². The number of aliphatic carboxylic acids is 1. The van der Waals surface area contributed by atoms with Gasteiger partial charge in [0.1, 0.15) is 11.8 Å². The molecule has 0 fully saturated rings. The molecule has 0 heterocycles. The molecule has 3 N–H and O–H groups in total. The van der Waals surface area contributed by atoms with Crippen molar-refractivity contribution in [3.63, 3.8) is 0 Å². The fourth-order valence-corrected chi connectivity index (χ4v) is 1.15. The number of hydrogen-bond acceptors (Lipinski definition) is 3. The Morgan fingerprint density at radius 2 is 2.00 bits per heavy atom. The van der Waals surface area contributed by atoms with Gasteiger partial charge >= 0.3 is 12.0 Å². The minimum absolute atomic E-state index is 0.0696. The minimum Gasteiger partial charge on any atom is -0.480 e. The Morgan fingerprint density at radius 1 is 1.39 bits per heavy atom. The van der Waals surface area contributed by atoms with Gasteiger partial charge in [0, 0.05) is 5.02 Å². The number of carboxylic acids is 1. The van der Waals surface area contributed by atoms with E-state index in [4.69, 9.17) is 21.4 Å². The van der Waals surface area contributed by atoms with E-state index >= 15 is 0 Å². The van der Waals surface area contributed by atoms with Crippen LogP contribution in [0.1, 0.15) is 6.92 Å². The van der Waals surface area contributed by atoms with Crippen LogP contribution in [0.2, 0.25) is 5.02 Å². The van der Waals surface area contributed by atoms with Crippen molar-refractivity contribution >= 4 is 23.6 Å². The number of amides is 2. The van der Waals surface area contributed by atoms with Crippen molar-refractivity contribution in [2.45, 2.75) is 13.0 Å². The average Bonchev–Trinajstić information content (AvgIpc) is 2.31. The van der Waals surface area contributed by atoms with Crippen LogP contribution in [0, 0.1) is 0 Å². The molecule has 1 unspecified atom stereocenters. The first-order valence-corrected chi connectivity index (χ1v) is 5.52. The van der Waals surface area contributed by atoms with E-state index in [0.717, 1.165) is 0 Å². The third kappa shape index (κ3) is 4.92. The van der Waals surface area contributed by atoms with Crippen molar-refractivity contribution < 1.29 is 19.4 Å². The van der Waals surface area contributed by atoms with Crippen LogP contribution in [-0.2, 0) is 4.79 Å². The first-order valence-electron chi connectivity index (χ1n) is 5.14. The summed E-state index contributed by atoms with van der Waals surface area (Å²) in [6, 6.07) is 5.05. The van der Waals surface area contributed by atoms with Crippen molar-refractivity contribution in [2.75, 3.05) is 6.73 Å². The van der Waals surface area contributed by atoms with E-state index in [1.165, 1.54) is 6.92 Å². The number of nitrogens with one attached hydrogen (secondary N) is 2. The normalized spacial score (nSPS) is 11.4. The van der Waals surface area contributed by atoms with Gasteiger partial charge in [0.25, 0.3) is 0 Å². The fraction of sp³-hybridized carbons (Fsp3) is 0.273. The molecule has 18 heavy (non-hydrogen) atoms. The van der Waals surface area contributed by atoms with Gasteiger partial charge in [-0.3, -0.25) is 4.79 Å².